The van der Waals surface area contributed by atoms with Crippen molar-refractivity contribution < 1.29 is 30.9 Å². The van der Waals surface area contributed by atoms with Crippen LogP contribution in [0.5, 0.6) is 0 Å². The van der Waals surface area contributed by atoms with E-state index in [1.807, 2.05) is 0 Å². The molecular weight excluding hydrogens is 195 g/mol. The van der Waals surface area contributed by atoms with Gasteiger partial charge >= 0.3 is 12.2 Å². The summed E-state index contributed by atoms with van der Waals surface area (Å²) in [6.07, 6.45) is -8.73. The normalized spacial score (nSPS) is 14.0. The molecule has 0 spiro atoms. The lowest BCUT2D eigenvalue weighted by molar-refractivity contribution is -0.339. The number of alkyl halides is 5. The monoisotopic (exact) mass is 199 g/mol. The summed E-state index contributed by atoms with van der Waals surface area (Å²) in [4.78, 5) is 0. The van der Waals surface area contributed by atoms with Crippen LogP contribution in [0.15, 0.2) is 0 Å². The fourth-order valence-corrected chi connectivity index (χ4v) is 0.377. The Hall–Kier alpha value is -0.530. The Morgan fingerprint density at radius 2 is 1.25 bits per heavy atom. The first-order chi connectivity index (χ1) is 5.15. The zero-order valence-electron chi connectivity index (χ0n) is 5.51. The highest BCUT2D eigenvalue weighted by atomic mass is 19.4. The van der Waals surface area contributed by atoms with E-state index in [9.17, 15) is 30.9 Å². The van der Waals surface area contributed by atoms with Gasteiger partial charge in [-0.05, 0) is 0 Å². The minimum atomic E-state index is -4.85. The summed E-state index contributed by atoms with van der Waals surface area (Å²) in [5.74, 6) is 0. The van der Waals surface area contributed by atoms with Crippen molar-refractivity contribution in [1.29, 1.82) is 0 Å². The molecule has 0 aliphatic rings. The number of halogens is 7. The van der Waals surface area contributed by atoms with E-state index in [0.717, 1.165) is 0 Å². The molecule has 0 bridgehead atoms. The fraction of sp³-hybridized carbons (Fsp3) is 1.00. The van der Waals surface area contributed by atoms with Crippen molar-refractivity contribution in [3.63, 3.8) is 0 Å². The van der Waals surface area contributed by atoms with Crippen molar-refractivity contribution in [1.82, 2.24) is 5.34 Å². The van der Waals surface area contributed by atoms with Gasteiger partial charge in [0.25, 0.3) is 0 Å². The van der Waals surface area contributed by atoms with Crippen LogP contribution in [0.4, 0.5) is 30.9 Å². The molecule has 0 aliphatic heterocycles. The van der Waals surface area contributed by atoms with Gasteiger partial charge in [0.15, 0.2) is 0 Å². The molecule has 0 heterocycles. The molecule has 0 atom stereocenters. The molecule has 0 fully saturated rings. The van der Waals surface area contributed by atoms with E-state index in [2.05, 4.69) is 0 Å². The first-order valence-corrected chi connectivity index (χ1v) is 2.71. The first-order valence-electron chi connectivity index (χ1n) is 2.71. The summed E-state index contributed by atoms with van der Waals surface area (Å²) >= 11 is 0. The van der Waals surface area contributed by atoms with E-state index < -0.39 is 30.4 Å². The van der Waals surface area contributed by atoms with Gasteiger partial charge in [-0.2, -0.15) is 22.0 Å². The molecule has 12 heavy (non-hydrogen) atoms. The molecule has 0 unspecified atom stereocenters. The van der Waals surface area contributed by atoms with E-state index in [1.165, 1.54) is 0 Å². The summed E-state index contributed by atoms with van der Waals surface area (Å²) in [5.41, 5.74) is 0. The fourth-order valence-electron chi connectivity index (χ4n) is 0.377. The van der Waals surface area contributed by atoms with Gasteiger partial charge in [-0.15, -0.1) is 0 Å². The maximum absolute atomic E-state index is 11.8. The molecule has 0 aromatic carbocycles. The Kier molecular flexibility index (Phi) is 3.31. The Balaban J connectivity index is 3.93. The highest BCUT2D eigenvalue weighted by Gasteiger charge is 2.43. The Labute approximate surface area is 62.6 Å². The lowest BCUT2D eigenvalue weighted by Crippen LogP contribution is -2.30. The highest BCUT2D eigenvalue weighted by Crippen LogP contribution is 2.31. The molecule has 8 heteroatoms. The van der Waals surface area contributed by atoms with Gasteiger partial charge in [-0.1, -0.05) is 8.96 Å². The largest absolute Gasteiger partial charge is 0.389 e. The summed E-state index contributed by atoms with van der Waals surface area (Å²) < 4.78 is 79.5. The van der Waals surface area contributed by atoms with Gasteiger partial charge in [0.1, 0.15) is 0 Å². The minimum absolute atomic E-state index is 1.94. The number of rotatable bonds is 3. The van der Waals surface area contributed by atoms with Gasteiger partial charge in [0.2, 0.25) is 0 Å². The SMILES string of the molecule is FN(F)C(F)(F)CCC(F)(F)F. The molecule has 0 radical (unpaired) electrons. The predicted molar refractivity (Wildman–Crippen MR) is 24.3 cm³/mol. The van der Waals surface area contributed by atoms with Crippen molar-refractivity contribution >= 4 is 0 Å². The van der Waals surface area contributed by atoms with Crippen LogP contribution >= 0.6 is 0 Å². The van der Waals surface area contributed by atoms with Crippen LogP contribution in [0.2, 0.25) is 0 Å². The number of hydrogen-bond acceptors (Lipinski definition) is 1. The average Bonchev–Trinajstić information content (AvgIpc) is 1.82. The maximum atomic E-state index is 11.8. The van der Waals surface area contributed by atoms with Gasteiger partial charge in [-0.25, -0.2) is 0 Å². The molecule has 0 saturated carbocycles. The van der Waals surface area contributed by atoms with E-state index >= 15 is 0 Å². The predicted octanol–water partition coefficient (Wildman–Crippen LogP) is 2.99. The van der Waals surface area contributed by atoms with Gasteiger partial charge in [-0.3, -0.25) is 0 Å². The molecule has 0 saturated heterocycles. The molecule has 0 amide bonds. The van der Waals surface area contributed by atoms with E-state index in [1.54, 1.807) is 0 Å². The molecule has 0 aromatic heterocycles. The van der Waals surface area contributed by atoms with Crippen LogP contribution in [-0.4, -0.2) is 17.6 Å². The van der Waals surface area contributed by atoms with Crippen LogP contribution in [0.1, 0.15) is 12.8 Å². The summed E-state index contributed by atoms with van der Waals surface area (Å²) in [6.45, 7) is 0. The van der Waals surface area contributed by atoms with Crippen molar-refractivity contribution in [3.05, 3.63) is 0 Å². The van der Waals surface area contributed by atoms with E-state index in [4.69, 9.17) is 0 Å². The highest BCUT2D eigenvalue weighted by molar-refractivity contribution is 4.60. The molecule has 0 aliphatic carbocycles. The third-order valence-electron chi connectivity index (χ3n) is 0.957. The van der Waals surface area contributed by atoms with Crippen LogP contribution in [0.25, 0.3) is 0 Å². The van der Waals surface area contributed by atoms with Crippen LogP contribution in [0, 0.1) is 0 Å². The summed E-state index contributed by atoms with van der Waals surface area (Å²) in [6, 6.07) is -4.71. The zero-order valence-corrected chi connectivity index (χ0v) is 5.51. The van der Waals surface area contributed by atoms with Gasteiger partial charge in [0, 0.05) is 6.42 Å². The quantitative estimate of drug-likeness (QED) is 0.383. The molecule has 0 N–H and O–H groups in total. The summed E-state index contributed by atoms with van der Waals surface area (Å²) in [7, 11) is 0. The molecule has 74 valence electrons. The third-order valence-corrected chi connectivity index (χ3v) is 0.957. The topological polar surface area (TPSA) is 3.24 Å². The second-order valence-electron chi connectivity index (χ2n) is 2.01. The molecule has 0 rings (SSSR count). The second-order valence-corrected chi connectivity index (χ2v) is 2.01. The minimum Gasteiger partial charge on any atom is -0.183 e. The Morgan fingerprint density at radius 1 is 0.833 bits per heavy atom. The van der Waals surface area contributed by atoms with Crippen LogP contribution in [-0.2, 0) is 0 Å². The van der Waals surface area contributed by atoms with Gasteiger partial charge in [0.05, 0.1) is 11.8 Å². The molecule has 1 nitrogen and oxygen atoms in total. The molecule has 0 aromatic rings. The first kappa shape index (κ1) is 11.5. The number of hydrogen-bond donors (Lipinski definition) is 0. The lowest BCUT2D eigenvalue weighted by atomic mass is 10.3. The Bertz CT molecular complexity index is 139. The number of nitrogens with zero attached hydrogens (tertiary/aromatic N) is 1. The van der Waals surface area contributed by atoms with Crippen molar-refractivity contribution in [2.75, 3.05) is 0 Å². The smallest absolute Gasteiger partial charge is 0.183 e. The van der Waals surface area contributed by atoms with Crippen molar-refractivity contribution in [3.8, 4) is 0 Å². The van der Waals surface area contributed by atoms with Crippen LogP contribution in [0.3, 0.4) is 0 Å². The molecular formula is C4H4F7N. The Morgan fingerprint density at radius 3 is 1.50 bits per heavy atom. The maximum Gasteiger partial charge on any atom is 0.389 e. The lowest BCUT2D eigenvalue weighted by Gasteiger charge is -2.16. The average molecular weight is 199 g/mol. The standard InChI is InChI=1S/C4H4F7N/c5-3(6,7)1-2-4(8,9)12(10)11/h1-2H2. The zero-order chi connectivity index (χ0) is 9.99. The van der Waals surface area contributed by atoms with Crippen molar-refractivity contribution in [2.45, 2.75) is 25.1 Å². The summed E-state index contributed by atoms with van der Waals surface area (Å²) in [5, 5.41) is -2.53. The third kappa shape index (κ3) is 4.37. The van der Waals surface area contributed by atoms with Crippen LogP contribution < -0.4 is 0 Å². The van der Waals surface area contributed by atoms with E-state index in [-0.39, 0.29) is 0 Å². The second kappa shape index (κ2) is 3.46. The van der Waals surface area contributed by atoms with Crippen molar-refractivity contribution in [2.24, 2.45) is 0 Å². The van der Waals surface area contributed by atoms with Gasteiger partial charge < -0.3 is 0 Å². The van der Waals surface area contributed by atoms with E-state index in [0.29, 0.717) is 0 Å².